The summed E-state index contributed by atoms with van der Waals surface area (Å²) in [4.78, 5) is 0. The van der Waals surface area contributed by atoms with E-state index < -0.39 is 0 Å². The number of benzene rings is 1. The van der Waals surface area contributed by atoms with Crippen LogP contribution >= 0.6 is 0 Å². The van der Waals surface area contributed by atoms with Crippen molar-refractivity contribution >= 4 is 5.69 Å². The summed E-state index contributed by atoms with van der Waals surface area (Å²) in [6, 6.07) is 6.14. The molecule has 0 amide bonds. The molecule has 1 heterocycles. The standard InChI is InChI=1S/C13H16N4O/c1-8-15-16-13(17(8)9-3-4-9)11-7-10(18-2)5-6-12(11)14/h5-7,9H,3-4,14H2,1-2H3. The molecule has 18 heavy (non-hydrogen) atoms. The van der Waals surface area contributed by atoms with Crippen LogP contribution in [0.5, 0.6) is 5.75 Å². The van der Waals surface area contributed by atoms with Crippen LogP contribution in [-0.4, -0.2) is 21.9 Å². The summed E-state index contributed by atoms with van der Waals surface area (Å²) >= 11 is 0. The first kappa shape index (κ1) is 11.1. The van der Waals surface area contributed by atoms with Gasteiger partial charge in [0.2, 0.25) is 0 Å². The molecule has 0 saturated heterocycles. The molecule has 2 aromatic rings. The van der Waals surface area contributed by atoms with Crippen LogP contribution in [0, 0.1) is 6.92 Å². The van der Waals surface area contributed by atoms with Crippen molar-refractivity contribution in [2.45, 2.75) is 25.8 Å². The quantitative estimate of drug-likeness (QED) is 0.840. The molecule has 0 radical (unpaired) electrons. The maximum atomic E-state index is 6.04. The zero-order valence-corrected chi connectivity index (χ0v) is 10.6. The number of nitrogens with zero attached hydrogens (tertiary/aromatic N) is 3. The van der Waals surface area contributed by atoms with E-state index in [1.807, 2.05) is 25.1 Å². The Balaban J connectivity index is 2.14. The van der Waals surface area contributed by atoms with Crippen LogP contribution in [0.4, 0.5) is 5.69 Å². The maximum Gasteiger partial charge on any atom is 0.166 e. The van der Waals surface area contributed by atoms with E-state index in [-0.39, 0.29) is 0 Å². The number of methoxy groups -OCH3 is 1. The molecule has 0 unspecified atom stereocenters. The second-order valence-electron chi connectivity index (χ2n) is 4.63. The molecule has 1 aliphatic rings. The van der Waals surface area contributed by atoms with Crippen LogP contribution in [0.3, 0.4) is 0 Å². The molecule has 0 spiro atoms. The minimum atomic E-state index is 0.528. The van der Waals surface area contributed by atoms with Gasteiger partial charge in [-0.05, 0) is 38.0 Å². The summed E-state index contributed by atoms with van der Waals surface area (Å²) in [5.41, 5.74) is 7.63. The van der Waals surface area contributed by atoms with E-state index >= 15 is 0 Å². The lowest BCUT2D eigenvalue weighted by molar-refractivity contribution is 0.415. The monoisotopic (exact) mass is 244 g/mol. The van der Waals surface area contributed by atoms with Crippen LogP contribution in [0.2, 0.25) is 0 Å². The third-order valence-electron chi connectivity index (χ3n) is 3.28. The first-order valence-electron chi connectivity index (χ1n) is 6.06. The summed E-state index contributed by atoms with van der Waals surface area (Å²) < 4.78 is 7.41. The summed E-state index contributed by atoms with van der Waals surface area (Å²) in [7, 11) is 1.65. The van der Waals surface area contributed by atoms with Gasteiger partial charge >= 0.3 is 0 Å². The molecule has 0 aliphatic heterocycles. The van der Waals surface area contributed by atoms with Crippen molar-refractivity contribution in [3.63, 3.8) is 0 Å². The van der Waals surface area contributed by atoms with Gasteiger partial charge in [-0.3, -0.25) is 0 Å². The average molecular weight is 244 g/mol. The van der Waals surface area contributed by atoms with Crippen LogP contribution < -0.4 is 10.5 Å². The highest BCUT2D eigenvalue weighted by Crippen LogP contribution is 2.40. The summed E-state index contributed by atoms with van der Waals surface area (Å²) in [6.07, 6.45) is 2.38. The SMILES string of the molecule is COc1ccc(N)c(-c2nnc(C)n2C2CC2)c1. The van der Waals surface area contributed by atoms with Gasteiger partial charge in [-0.15, -0.1) is 10.2 Å². The Hall–Kier alpha value is -2.04. The second-order valence-corrected chi connectivity index (χ2v) is 4.63. The Morgan fingerprint density at radius 2 is 2.11 bits per heavy atom. The Morgan fingerprint density at radius 3 is 2.78 bits per heavy atom. The van der Waals surface area contributed by atoms with Crippen molar-refractivity contribution < 1.29 is 4.74 Å². The van der Waals surface area contributed by atoms with Gasteiger partial charge in [-0.1, -0.05) is 0 Å². The minimum absolute atomic E-state index is 0.528. The number of aryl methyl sites for hydroxylation is 1. The molecule has 5 heteroatoms. The molecule has 0 atom stereocenters. The first-order valence-corrected chi connectivity index (χ1v) is 6.06. The number of anilines is 1. The highest BCUT2D eigenvalue weighted by atomic mass is 16.5. The van der Waals surface area contributed by atoms with E-state index in [4.69, 9.17) is 10.5 Å². The molecular formula is C13H16N4O. The number of aromatic nitrogens is 3. The zero-order valence-electron chi connectivity index (χ0n) is 10.6. The van der Waals surface area contributed by atoms with Crippen molar-refractivity contribution in [2.75, 3.05) is 12.8 Å². The molecule has 1 fully saturated rings. The third-order valence-corrected chi connectivity index (χ3v) is 3.28. The van der Waals surface area contributed by atoms with Crippen molar-refractivity contribution in [3.8, 4) is 17.1 Å². The second kappa shape index (κ2) is 4.01. The highest BCUT2D eigenvalue weighted by Gasteiger charge is 2.29. The van der Waals surface area contributed by atoms with Crippen LogP contribution in [0.1, 0.15) is 24.7 Å². The van der Waals surface area contributed by atoms with Crippen molar-refractivity contribution in [1.29, 1.82) is 0 Å². The Bertz CT molecular complexity index is 587. The number of nitrogens with two attached hydrogens (primary N) is 1. The van der Waals surface area contributed by atoms with Gasteiger partial charge in [0, 0.05) is 17.3 Å². The number of ether oxygens (including phenoxy) is 1. The van der Waals surface area contributed by atoms with Gasteiger partial charge < -0.3 is 15.0 Å². The van der Waals surface area contributed by atoms with Crippen molar-refractivity contribution in [3.05, 3.63) is 24.0 Å². The molecule has 1 saturated carbocycles. The van der Waals surface area contributed by atoms with Gasteiger partial charge in [-0.2, -0.15) is 0 Å². The molecule has 1 aromatic heterocycles. The van der Waals surface area contributed by atoms with Gasteiger partial charge in [0.1, 0.15) is 11.6 Å². The molecule has 5 nitrogen and oxygen atoms in total. The lowest BCUT2D eigenvalue weighted by Crippen LogP contribution is -2.02. The van der Waals surface area contributed by atoms with E-state index in [9.17, 15) is 0 Å². The molecule has 2 N–H and O–H groups in total. The number of hydrogen-bond donors (Lipinski definition) is 1. The van der Waals surface area contributed by atoms with E-state index in [2.05, 4.69) is 14.8 Å². The fourth-order valence-corrected chi connectivity index (χ4v) is 2.18. The van der Waals surface area contributed by atoms with Crippen LogP contribution in [0.15, 0.2) is 18.2 Å². The number of nitrogen functional groups attached to an aromatic ring is 1. The zero-order chi connectivity index (χ0) is 12.7. The Labute approximate surface area is 106 Å². The van der Waals surface area contributed by atoms with Gasteiger partial charge in [0.15, 0.2) is 5.82 Å². The maximum absolute atomic E-state index is 6.04. The number of hydrogen-bond acceptors (Lipinski definition) is 4. The molecular weight excluding hydrogens is 228 g/mol. The van der Waals surface area contributed by atoms with Gasteiger partial charge in [0.25, 0.3) is 0 Å². The minimum Gasteiger partial charge on any atom is -0.497 e. The first-order chi connectivity index (χ1) is 8.70. The number of rotatable bonds is 3. The molecule has 1 aromatic carbocycles. The molecule has 1 aliphatic carbocycles. The topological polar surface area (TPSA) is 66.0 Å². The van der Waals surface area contributed by atoms with E-state index in [0.717, 1.165) is 23.0 Å². The largest absolute Gasteiger partial charge is 0.497 e. The lowest BCUT2D eigenvalue weighted by atomic mass is 10.1. The summed E-state index contributed by atoms with van der Waals surface area (Å²) in [5, 5.41) is 8.43. The van der Waals surface area contributed by atoms with Crippen LogP contribution in [-0.2, 0) is 0 Å². The predicted molar refractivity (Wildman–Crippen MR) is 69.4 cm³/mol. The van der Waals surface area contributed by atoms with E-state index in [0.29, 0.717) is 11.7 Å². The van der Waals surface area contributed by atoms with Crippen molar-refractivity contribution in [1.82, 2.24) is 14.8 Å². The molecule has 0 bridgehead atoms. The molecule has 3 rings (SSSR count). The Morgan fingerprint density at radius 1 is 1.33 bits per heavy atom. The van der Waals surface area contributed by atoms with Crippen molar-refractivity contribution in [2.24, 2.45) is 0 Å². The normalized spacial score (nSPS) is 14.8. The fourth-order valence-electron chi connectivity index (χ4n) is 2.18. The third kappa shape index (κ3) is 1.72. The van der Waals surface area contributed by atoms with Crippen LogP contribution in [0.25, 0.3) is 11.4 Å². The summed E-state index contributed by atoms with van der Waals surface area (Å²) in [5.74, 6) is 2.56. The van der Waals surface area contributed by atoms with E-state index in [1.54, 1.807) is 7.11 Å². The Kier molecular flexibility index (Phi) is 2.47. The summed E-state index contributed by atoms with van der Waals surface area (Å²) in [6.45, 7) is 1.98. The smallest absolute Gasteiger partial charge is 0.166 e. The molecule has 94 valence electrons. The highest BCUT2D eigenvalue weighted by molar-refractivity contribution is 5.73. The van der Waals surface area contributed by atoms with E-state index in [1.165, 1.54) is 12.8 Å². The van der Waals surface area contributed by atoms with Gasteiger partial charge in [-0.25, -0.2) is 0 Å². The average Bonchev–Trinajstić information content (AvgIpc) is 3.14. The lowest BCUT2D eigenvalue weighted by Gasteiger charge is -2.10. The predicted octanol–water partition coefficient (Wildman–Crippen LogP) is 2.18. The fraction of sp³-hybridized carbons (Fsp3) is 0.385. The van der Waals surface area contributed by atoms with Gasteiger partial charge in [0.05, 0.1) is 7.11 Å².